The third-order valence-corrected chi connectivity index (χ3v) is 3.89. The molecule has 0 aliphatic carbocycles. The van der Waals surface area contributed by atoms with Crippen LogP contribution >= 0.6 is 0 Å². The predicted octanol–water partition coefficient (Wildman–Crippen LogP) is 2.06. The van der Waals surface area contributed by atoms with Crippen molar-refractivity contribution >= 4 is 0 Å². The molecule has 104 valence electrons. The Hall–Kier alpha value is -1.68. The molecular weight excluding hydrogens is 240 g/mol. The molecule has 0 unspecified atom stereocenters. The largest absolute Gasteiger partial charge is 0.497 e. The Kier molecular flexibility index (Phi) is 3.71. The highest BCUT2D eigenvalue weighted by molar-refractivity contribution is 5.28. The lowest BCUT2D eigenvalue weighted by Crippen LogP contribution is -2.49. The maximum absolute atomic E-state index is 10.7. The molecule has 1 aromatic carbocycles. The van der Waals surface area contributed by atoms with Crippen LogP contribution in [0, 0.1) is 0 Å². The summed E-state index contributed by atoms with van der Waals surface area (Å²) in [5, 5.41) is 13.9. The minimum absolute atomic E-state index is 0.0248. The molecule has 1 saturated heterocycles. The summed E-state index contributed by atoms with van der Waals surface area (Å²) in [6.07, 6.45) is 0.649. The van der Waals surface area contributed by atoms with Gasteiger partial charge in [0.15, 0.2) is 5.72 Å². The molecule has 2 atom stereocenters. The number of nitrogens with zero attached hydrogens (tertiary/aromatic N) is 1. The van der Waals surface area contributed by atoms with Crippen LogP contribution in [-0.2, 0) is 6.54 Å². The minimum Gasteiger partial charge on any atom is -0.497 e. The maximum atomic E-state index is 10.7. The Morgan fingerprint density at radius 1 is 1.42 bits per heavy atom. The molecule has 1 aliphatic rings. The van der Waals surface area contributed by atoms with Gasteiger partial charge in [0.1, 0.15) is 5.75 Å². The normalized spacial score (nSPS) is 26.4. The smallest absolute Gasteiger partial charge is 0.159 e. The average Bonchev–Trinajstić information content (AvgIpc) is 2.64. The van der Waals surface area contributed by atoms with E-state index in [0.29, 0.717) is 13.0 Å². The Labute approximate surface area is 114 Å². The molecule has 4 nitrogen and oxygen atoms in total. The average molecular weight is 262 g/mol. The van der Waals surface area contributed by atoms with Gasteiger partial charge in [0, 0.05) is 6.54 Å². The third-order valence-electron chi connectivity index (χ3n) is 3.89. The Balaban J connectivity index is 2.18. The van der Waals surface area contributed by atoms with Crippen LogP contribution in [0.2, 0.25) is 0 Å². The van der Waals surface area contributed by atoms with Crippen LogP contribution in [-0.4, -0.2) is 28.9 Å². The highest BCUT2D eigenvalue weighted by Gasteiger charge is 2.44. The number of ether oxygens (including phenoxy) is 1. The zero-order valence-corrected chi connectivity index (χ0v) is 11.8. The van der Waals surface area contributed by atoms with Gasteiger partial charge in [-0.15, -0.1) is 0 Å². The van der Waals surface area contributed by atoms with E-state index in [0.717, 1.165) is 17.1 Å². The Bertz CT molecular complexity index is 458. The SMILES string of the molecule is C=C1N[C@@H](C)[C@@](O)(CC)N1Cc1ccc(OC)cc1. The fourth-order valence-electron chi connectivity index (χ4n) is 2.55. The van der Waals surface area contributed by atoms with Crippen molar-refractivity contribution < 1.29 is 9.84 Å². The molecule has 4 heteroatoms. The quantitative estimate of drug-likeness (QED) is 0.872. The van der Waals surface area contributed by atoms with Gasteiger partial charge in [-0.3, -0.25) is 0 Å². The molecule has 0 bridgehead atoms. The number of aliphatic hydroxyl groups is 1. The number of methoxy groups -OCH3 is 1. The van der Waals surface area contributed by atoms with Crippen molar-refractivity contribution in [1.82, 2.24) is 10.2 Å². The topological polar surface area (TPSA) is 44.7 Å². The standard InChI is InChI=1S/C15H22N2O2/c1-5-15(18)11(2)16-12(3)17(15)10-13-6-8-14(19-4)9-7-13/h6-9,11,16,18H,3,5,10H2,1-2,4H3/t11-,15-/m0/s1. The number of benzene rings is 1. The third kappa shape index (κ3) is 2.40. The van der Waals surface area contributed by atoms with E-state index in [9.17, 15) is 5.11 Å². The summed E-state index contributed by atoms with van der Waals surface area (Å²) in [5.74, 6) is 1.61. The van der Waals surface area contributed by atoms with E-state index in [4.69, 9.17) is 4.74 Å². The molecule has 2 N–H and O–H groups in total. The summed E-state index contributed by atoms with van der Waals surface area (Å²) in [6.45, 7) is 8.58. The molecule has 0 spiro atoms. The maximum Gasteiger partial charge on any atom is 0.159 e. The van der Waals surface area contributed by atoms with Crippen molar-refractivity contribution in [2.75, 3.05) is 7.11 Å². The fraction of sp³-hybridized carbons (Fsp3) is 0.467. The first-order chi connectivity index (χ1) is 9.01. The first kappa shape index (κ1) is 13.7. The van der Waals surface area contributed by atoms with Gasteiger partial charge in [0.2, 0.25) is 0 Å². The second-order valence-corrected chi connectivity index (χ2v) is 4.98. The van der Waals surface area contributed by atoms with E-state index in [1.165, 1.54) is 0 Å². The van der Waals surface area contributed by atoms with Crippen LogP contribution < -0.4 is 10.1 Å². The molecule has 19 heavy (non-hydrogen) atoms. The molecule has 0 radical (unpaired) electrons. The van der Waals surface area contributed by atoms with Gasteiger partial charge in [-0.1, -0.05) is 25.6 Å². The van der Waals surface area contributed by atoms with Crippen molar-refractivity contribution in [2.24, 2.45) is 0 Å². The summed E-state index contributed by atoms with van der Waals surface area (Å²) in [7, 11) is 1.65. The fourth-order valence-corrected chi connectivity index (χ4v) is 2.55. The van der Waals surface area contributed by atoms with E-state index in [-0.39, 0.29) is 6.04 Å². The van der Waals surface area contributed by atoms with E-state index in [1.807, 2.05) is 43.0 Å². The molecule has 2 rings (SSSR count). The number of nitrogens with one attached hydrogen (secondary N) is 1. The highest BCUT2D eigenvalue weighted by Crippen LogP contribution is 2.32. The zero-order chi connectivity index (χ0) is 14.0. The molecule has 1 fully saturated rings. The molecule has 1 heterocycles. The summed E-state index contributed by atoms with van der Waals surface area (Å²) in [5.41, 5.74) is 0.238. The molecule has 0 amide bonds. The van der Waals surface area contributed by atoms with Crippen LogP contribution in [0.15, 0.2) is 36.7 Å². The molecule has 1 aliphatic heterocycles. The number of hydrogen-bond donors (Lipinski definition) is 2. The van der Waals surface area contributed by atoms with Gasteiger partial charge < -0.3 is 20.1 Å². The molecular formula is C15H22N2O2. The van der Waals surface area contributed by atoms with Crippen LogP contribution in [0.1, 0.15) is 25.8 Å². The van der Waals surface area contributed by atoms with Crippen molar-refractivity contribution in [1.29, 1.82) is 0 Å². The van der Waals surface area contributed by atoms with E-state index in [2.05, 4.69) is 11.9 Å². The van der Waals surface area contributed by atoms with Crippen molar-refractivity contribution in [3.8, 4) is 5.75 Å². The second-order valence-electron chi connectivity index (χ2n) is 4.98. The molecule has 0 saturated carbocycles. The first-order valence-electron chi connectivity index (χ1n) is 6.59. The van der Waals surface area contributed by atoms with Gasteiger partial charge in [0.05, 0.1) is 19.0 Å². The van der Waals surface area contributed by atoms with E-state index >= 15 is 0 Å². The van der Waals surface area contributed by atoms with Crippen LogP contribution in [0.4, 0.5) is 0 Å². The monoisotopic (exact) mass is 262 g/mol. The van der Waals surface area contributed by atoms with Crippen molar-refractivity contribution in [3.05, 3.63) is 42.2 Å². The lowest BCUT2D eigenvalue weighted by Gasteiger charge is -2.35. The summed E-state index contributed by atoms with van der Waals surface area (Å²) >= 11 is 0. The van der Waals surface area contributed by atoms with Crippen LogP contribution in [0.3, 0.4) is 0 Å². The summed E-state index contributed by atoms with van der Waals surface area (Å²) in [4.78, 5) is 1.93. The zero-order valence-electron chi connectivity index (χ0n) is 11.8. The van der Waals surface area contributed by atoms with Crippen molar-refractivity contribution in [2.45, 2.75) is 38.6 Å². The lowest BCUT2D eigenvalue weighted by molar-refractivity contribution is -0.0861. The van der Waals surface area contributed by atoms with Gasteiger partial charge in [-0.05, 0) is 31.0 Å². The van der Waals surface area contributed by atoms with Gasteiger partial charge in [0.25, 0.3) is 0 Å². The van der Waals surface area contributed by atoms with Gasteiger partial charge >= 0.3 is 0 Å². The van der Waals surface area contributed by atoms with Gasteiger partial charge in [-0.2, -0.15) is 0 Å². The van der Waals surface area contributed by atoms with E-state index < -0.39 is 5.72 Å². The predicted molar refractivity (Wildman–Crippen MR) is 75.5 cm³/mol. The molecule has 0 aromatic heterocycles. The lowest BCUT2D eigenvalue weighted by atomic mass is 10.0. The van der Waals surface area contributed by atoms with E-state index in [1.54, 1.807) is 7.11 Å². The minimum atomic E-state index is -0.878. The summed E-state index contributed by atoms with van der Waals surface area (Å²) in [6, 6.07) is 7.84. The number of rotatable bonds is 4. The van der Waals surface area contributed by atoms with Crippen LogP contribution in [0.25, 0.3) is 0 Å². The first-order valence-corrected chi connectivity index (χ1v) is 6.59. The highest BCUT2D eigenvalue weighted by atomic mass is 16.5. The Morgan fingerprint density at radius 2 is 2.05 bits per heavy atom. The van der Waals surface area contributed by atoms with Crippen molar-refractivity contribution in [3.63, 3.8) is 0 Å². The van der Waals surface area contributed by atoms with Crippen LogP contribution in [0.5, 0.6) is 5.75 Å². The Morgan fingerprint density at radius 3 is 2.58 bits per heavy atom. The second kappa shape index (κ2) is 5.13. The number of hydrogen-bond acceptors (Lipinski definition) is 4. The molecule has 1 aromatic rings. The van der Waals surface area contributed by atoms with Gasteiger partial charge in [-0.25, -0.2) is 0 Å². The summed E-state index contributed by atoms with van der Waals surface area (Å²) < 4.78 is 5.15.